The number of hydrogen-bond donors (Lipinski definition) is 1. The van der Waals surface area contributed by atoms with Crippen LogP contribution in [0, 0.1) is 0 Å². The Morgan fingerprint density at radius 1 is 1.20 bits per heavy atom. The van der Waals surface area contributed by atoms with E-state index in [1.807, 2.05) is 35.0 Å². The van der Waals surface area contributed by atoms with Gasteiger partial charge in [0.25, 0.3) is 0 Å². The molecule has 3 aromatic rings. The molecule has 2 aromatic heterocycles. The van der Waals surface area contributed by atoms with Gasteiger partial charge in [-0.1, -0.05) is 12.1 Å². The molecular weight excluding hydrogens is 320 g/mol. The zero-order valence-corrected chi connectivity index (χ0v) is 14.0. The predicted molar refractivity (Wildman–Crippen MR) is 90.4 cm³/mol. The summed E-state index contributed by atoms with van der Waals surface area (Å²) < 4.78 is 1.88. The van der Waals surface area contributed by atoms with Crippen LogP contribution in [-0.4, -0.2) is 47.2 Å². The van der Waals surface area contributed by atoms with Crippen molar-refractivity contribution >= 4 is 16.9 Å². The normalized spacial score (nSPS) is 15.8. The number of aliphatic hydroxyl groups excluding tert-OH is 1. The lowest BCUT2D eigenvalue weighted by Gasteiger charge is -2.19. The van der Waals surface area contributed by atoms with Gasteiger partial charge in [0.15, 0.2) is 0 Å². The Kier molecular flexibility index (Phi) is 3.96. The summed E-state index contributed by atoms with van der Waals surface area (Å²) in [7, 11) is 0. The second-order valence-electron chi connectivity index (χ2n) is 6.35. The van der Waals surface area contributed by atoms with Crippen molar-refractivity contribution in [1.82, 2.24) is 29.7 Å². The molecule has 4 rings (SSSR count). The van der Waals surface area contributed by atoms with E-state index in [0.717, 1.165) is 29.7 Å². The molecule has 0 bridgehead atoms. The van der Waals surface area contributed by atoms with Gasteiger partial charge in [0.1, 0.15) is 17.6 Å². The third kappa shape index (κ3) is 3.12. The summed E-state index contributed by atoms with van der Waals surface area (Å²) in [6.45, 7) is 3.72. The fourth-order valence-corrected chi connectivity index (χ4v) is 3.10. The molecule has 130 valence electrons. The van der Waals surface area contributed by atoms with Gasteiger partial charge in [-0.05, 0) is 31.5 Å². The number of nitrogens with zero attached hydrogens (tertiary/aromatic N) is 6. The Balaban J connectivity index is 1.51. The molecule has 1 aromatic carbocycles. The first-order valence-corrected chi connectivity index (χ1v) is 8.42. The van der Waals surface area contributed by atoms with Crippen molar-refractivity contribution in [2.45, 2.75) is 39.1 Å². The predicted octanol–water partition coefficient (Wildman–Crippen LogP) is 1.11. The molecule has 1 N–H and O–H groups in total. The zero-order chi connectivity index (χ0) is 17.4. The maximum atomic E-state index is 12.7. The van der Waals surface area contributed by atoms with Crippen LogP contribution in [0.2, 0.25) is 0 Å². The number of carbonyl (C=O) groups is 1. The van der Waals surface area contributed by atoms with Gasteiger partial charge in [0.05, 0.1) is 24.0 Å². The van der Waals surface area contributed by atoms with Crippen LogP contribution < -0.4 is 0 Å². The minimum Gasteiger partial charge on any atom is -0.387 e. The number of aryl methyl sites for hydroxylation is 1. The molecule has 0 unspecified atom stereocenters. The summed E-state index contributed by atoms with van der Waals surface area (Å²) in [6.07, 6.45) is 0.220. The Bertz CT molecular complexity index is 880. The van der Waals surface area contributed by atoms with Gasteiger partial charge in [-0.15, -0.1) is 0 Å². The van der Waals surface area contributed by atoms with Crippen molar-refractivity contribution in [2.24, 2.45) is 0 Å². The molecule has 0 saturated heterocycles. The average Bonchev–Trinajstić information content (AvgIpc) is 3.12. The minimum absolute atomic E-state index is 0.0199. The van der Waals surface area contributed by atoms with E-state index in [4.69, 9.17) is 0 Å². The van der Waals surface area contributed by atoms with Gasteiger partial charge < -0.3 is 10.0 Å². The number of aliphatic hydroxyl groups is 1. The van der Waals surface area contributed by atoms with Crippen molar-refractivity contribution in [1.29, 1.82) is 0 Å². The molecule has 1 aliphatic rings. The number of hydrogen-bond acceptors (Lipinski definition) is 5. The molecule has 1 aliphatic heterocycles. The third-order valence-corrected chi connectivity index (χ3v) is 4.42. The first kappa shape index (κ1) is 15.8. The molecule has 3 heterocycles. The highest BCUT2D eigenvalue weighted by atomic mass is 16.3. The van der Waals surface area contributed by atoms with Crippen LogP contribution in [0.5, 0.6) is 0 Å². The van der Waals surface area contributed by atoms with Crippen molar-refractivity contribution in [3.05, 3.63) is 41.7 Å². The largest absolute Gasteiger partial charge is 0.387 e. The smallest absolute Gasteiger partial charge is 0.246 e. The van der Waals surface area contributed by atoms with Crippen molar-refractivity contribution in [2.75, 3.05) is 6.54 Å². The topological polar surface area (TPSA) is 89.1 Å². The number of rotatable bonds is 3. The lowest BCUT2D eigenvalue weighted by Crippen LogP contribution is -2.34. The van der Waals surface area contributed by atoms with E-state index in [9.17, 15) is 9.90 Å². The van der Waals surface area contributed by atoms with Crippen molar-refractivity contribution in [3.8, 4) is 0 Å². The van der Waals surface area contributed by atoms with Crippen molar-refractivity contribution < 1.29 is 9.90 Å². The molecule has 0 fully saturated rings. The molecule has 8 nitrogen and oxygen atoms in total. The van der Waals surface area contributed by atoms with Crippen LogP contribution in [-0.2, 0) is 24.4 Å². The monoisotopic (exact) mass is 340 g/mol. The standard InChI is InChI=1S/C17H20N6O2/c1-12(24)16-9-13-10-21(7-4-8-22(13)18-16)17(25)11-23-19-14-5-2-3-6-15(14)20-23/h2-3,5-6,9,12,24H,4,7-8,10-11H2,1H3/t12-/m1/s1. The van der Waals surface area contributed by atoms with Crippen LogP contribution in [0.15, 0.2) is 30.3 Å². The van der Waals surface area contributed by atoms with E-state index >= 15 is 0 Å². The van der Waals surface area contributed by atoms with Crippen LogP contribution in [0.1, 0.15) is 30.8 Å². The molecule has 1 atom stereocenters. The number of amides is 1. The van der Waals surface area contributed by atoms with Crippen LogP contribution in [0.3, 0.4) is 0 Å². The fraction of sp³-hybridized carbons (Fsp3) is 0.412. The summed E-state index contributed by atoms with van der Waals surface area (Å²) in [5.74, 6) is -0.0199. The first-order valence-electron chi connectivity index (χ1n) is 8.42. The third-order valence-electron chi connectivity index (χ3n) is 4.42. The number of benzene rings is 1. The van der Waals surface area contributed by atoms with E-state index in [2.05, 4.69) is 15.3 Å². The SMILES string of the molecule is C[C@@H](O)c1cc2n(n1)CCCN(C(=O)Cn1nc3ccccc3n1)C2. The maximum absolute atomic E-state index is 12.7. The minimum atomic E-state index is -0.607. The number of fused-ring (bicyclic) bond motifs is 2. The van der Waals surface area contributed by atoms with Crippen LogP contribution >= 0.6 is 0 Å². The quantitative estimate of drug-likeness (QED) is 0.772. The number of aromatic nitrogens is 5. The molecular formula is C17H20N6O2. The Labute approximate surface area is 144 Å². The van der Waals surface area contributed by atoms with Gasteiger partial charge in [-0.3, -0.25) is 9.48 Å². The first-order chi connectivity index (χ1) is 12.1. The highest BCUT2D eigenvalue weighted by Gasteiger charge is 2.22. The van der Waals surface area contributed by atoms with E-state index in [1.165, 1.54) is 4.80 Å². The molecule has 0 aliphatic carbocycles. The highest BCUT2D eigenvalue weighted by molar-refractivity contribution is 5.77. The van der Waals surface area contributed by atoms with E-state index in [0.29, 0.717) is 18.8 Å². The summed E-state index contributed by atoms with van der Waals surface area (Å²) >= 11 is 0. The van der Waals surface area contributed by atoms with Gasteiger partial charge in [-0.25, -0.2) is 0 Å². The van der Waals surface area contributed by atoms with Crippen molar-refractivity contribution in [3.63, 3.8) is 0 Å². The van der Waals surface area contributed by atoms with Gasteiger partial charge in [0.2, 0.25) is 5.91 Å². The molecule has 1 amide bonds. The van der Waals surface area contributed by atoms with Gasteiger partial charge in [-0.2, -0.15) is 20.1 Å². The maximum Gasteiger partial charge on any atom is 0.246 e. The van der Waals surface area contributed by atoms with E-state index in [-0.39, 0.29) is 12.5 Å². The Hall–Kier alpha value is -2.74. The summed E-state index contributed by atoms with van der Waals surface area (Å²) in [5, 5.41) is 22.8. The van der Waals surface area contributed by atoms with E-state index in [1.54, 1.807) is 11.8 Å². The summed E-state index contributed by atoms with van der Waals surface area (Å²) in [6, 6.07) is 9.44. The molecule has 0 radical (unpaired) electrons. The summed E-state index contributed by atoms with van der Waals surface area (Å²) in [4.78, 5) is 16.0. The molecule has 8 heteroatoms. The average molecular weight is 340 g/mol. The van der Waals surface area contributed by atoms with Gasteiger partial charge >= 0.3 is 0 Å². The highest BCUT2D eigenvalue weighted by Crippen LogP contribution is 2.18. The number of carbonyl (C=O) groups excluding carboxylic acids is 1. The lowest BCUT2D eigenvalue weighted by molar-refractivity contribution is -0.132. The van der Waals surface area contributed by atoms with E-state index < -0.39 is 6.10 Å². The second kappa shape index (κ2) is 6.29. The Morgan fingerprint density at radius 3 is 2.60 bits per heavy atom. The second-order valence-corrected chi connectivity index (χ2v) is 6.35. The van der Waals surface area contributed by atoms with Crippen LogP contribution in [0.25, 0.3) is 11.0 Å². The summed E-state index contributed by atoms with van der Waals surface area (Å²) in [5.41, 5.74) is 3.15. The van der Waals surface area contributed by atoms with Gasteiger partial charge in [0, 0.05) is 13.1 Å². The molecule has 25 heavy (non-hydrogen) atoms. The fourth-order valence-electron chi connectivity index (χ4n) is 3.10. The Morgan fingerprint density at radius 2 is 1.92 bits per heavy atom. The molecule has 0 saturated carbocycles. The zero-order valence-electron chi connectivity index (χ0n) is 14.0. The lowest BCUT2D eigenvalue weighted by atomic mass is 10.2. The van der Waals surface area contributed by atoms with Crippen LogP contribution in [0.4, 0.5) is 0 Å². The molecule has 0 spiro atoms.